The average Bonchev–Trinajstić information content (AvgIpc) is 3.11. The molecule has 0 spiro atoms. The molecule has 0 atom stereocenters. The molecule has 0 fully saturated rings. The van der Waals surface area contributed by atoms with Crippen molar-refractivity contribution < 1.29 is 18.3 Å². The van der Waals surface area contributed by atoms with Crippen LogP contribution in [0.3, 0.4) is 0 Å². The molecule has 0 bridgehead atoms. The molecule has 1 heterocycles. The summed E-state index contributed by atoms with van der Waals surface area (Å²) in [5.74, 6) is -0.138. The Kier molecular flexibility index (Phi) is 8.21. The highest BCUT2D eigenvalue weighted by Crippen LogP contribution is 2.21. The van der Waals surface area contributed by atoms with Crippen LogP contribution >= 0.6 is 11.8 Å². The third-order valence-electron chi connectivity index (χ3n) is 4.52. The number of hydrogen-bond donors (Lipinski definition) is 1. The summed E-state index contributed by atoms with van der Waals surface area (Å²) in [5.41, 5.74) is 1.30. The topological polar surface area (TPSA) is 69.0 Å². The fraction of sp³-hybridized carbons (Fsp3) is 0.348. The van der Waals surface area contributed by atoms with Gasteiger partial charge in [0.25, 0.3) is 0 Å². The zero-order chi connectivity index (χ0) is 23.1. The van der Waals surface area contributed by atoms with Gasteiger partial charge in [-0.2, -0.15) is 0 Å². The molecule has 1 N–H and O–H groups in total. The summed E-state index contributed by atoms with van der Waals surface area (Å²) in [6.45, 7) is 7.17. The van der Waals surface area contributed by atoms with Gasteiger partial charge in [-0.05, 0) is 42.2 Å². The van der Waals surface area contributed by atoms with Gasteiger partial charge in [-0.25, -0.2) is 8.78 Å². The minimum Gasteiger partial charge on any atom is -0.486 e. The van der Waals surface area contributed by atoms with Crippen molar-refractivity contribution in [2.75, 3.05) is 11.1 Å². The van der Waals surface area contributed by atoms with Crippen LogP contribution in [0.25, 0.3) is 0 Å². The van der Waals surface area contributed by atoms with Crippen LogP contribution in [0, 0.1) is 17.6 Å². The Hall–Kier alpha value is -2.94. The minimum absolute atomic E-state index is 0.0215. The van der Waals surface area contributed by atoms with Crippen molar-refractivity contribution in [2.24, 2.45) is 5.92 Å². The van der Waals surface area contributed by atoms with E-state index in [1.54, 1.807) is 0 Å². The molecule has 32 heavy (non-hydrogen) atoms. The van der Waals surface area contributed by atoms with E-state index in [1.165, 1.54) is 17.3 Å². The molecule has 6 nitrogen and oxygen atoms in total. The maximum Gasteiger partial charge on any atom is 0.234 e. The minimum atomic E-state index is -0.751. The molecule has 3 rings (SSSR count). The number of aryl methyl sites for hydroxylation is 1. The highest BCUT2D eigenvalue weighted by atomic mass is 32.2. The number of thioether (sulfide) groups is 1. The number of benzene rings is 2. The first-order valence-electron chi connectivity index (χ1n) is 10.4. The lowest BCUT2D eigenvalue weighted by molar-refractivity contribution is -0.113. The first kappa shape index (κ1) is 23.7. The number of halogens is 2. The van der Waals surface area contributed by atoms with Crippen LogP contribution in [0.15, 0.2) is 47.6 Å². The van der Waals surface area contributed by atoms with Crippen molar-refractivity contribution in [3.05, 3.63) is 65.5 Å². The van der Waals surface area contributed by atoms with Crippen molar-refractivity contribution >= 4 is 23.4 Å². The first-order valence-corrected chi connectivity index (χ1v) is 11.3. The molecule has 0 aliphatic carbocycles. The molecule has 2 aromatic carbocycles. The SMILES string of the molecule is CCc1ccc(OCc2nnc(SCC(=O)Nc3cc(F)cc(F)c3)n2CC(C)C)cc1. The quantitative estimate of drug-likeness (QED) is 0.427. The zero-order valence-electron chi connectivity index (χ0n) is 18.3. The van der Waals surface area contributed by atoms with Crippen molar-refractivity contribution in [1.82, 2.24) is 14.8 Å². The summed E-state index contributed by atoms with van der Waals surface area (Å²) >= 11 is 1.21. The summed E-state index contributed by atoms with van der Waals surface area (Å²) in [6, 6.07) is 10.8. The van der Waals surface area contributed by atoms with Crippen LogP contribution in [-0.4, -0.2) is 26.4 Å². The van der Waals surface area contributed by atoms with Gasteiger partial charge in [0, 0.05) is 18.3 Å². The average molecular weight is 461 g/mol. The molecule has 9 heteroatoms. The van der Waals surface area contributed by atoms with E-state index < -0.39 is 17.5 Å². The predicted octanol–water partition coefficient (Wildman–Crippen LogP) is 5.08. The molecular weight excluding hydrogens is 434 g/mol. The maximum absolute atomic E-state index is 13.3. The number of hydrogen-bond acceptors (Lipinski definition) is 5. The lowest BCUT2D eigenvalue weighted by Gasteiger charge is -2.13. The Morgan fingerprint density at radius 2 is 1.81 bits per heavy atom. The molecular formula is C23H26F2N4O2S. The molecule has 3 aromatic rings. The van der Waals surface area contributed by atoms with Gasteiger partial charge >= 0.3 is 0 Å². The van der Waals surface area contributed by atoms with Crippen LogP contribution < -0.4 is 10.1 Å². The number of rotatable bonds is 10. The number of carbonyl (C=O) groups is 1. The van der Waals surface area contributed by atoms with Crippen LogP contribution in [0.2, 0.25) is 0 Å². The number of anilines is 1. The van der Waals surface area contributed by atoms with E-state index in [0.29, 0.717) is 23.4 Å². The van der Waals surface area contributed by atoms with E-state index in [9.17, 15) is 13.6 Å². The van der Waals surface area contributed by atoms with E-state index in [4.69, 9.17) is 4.74 Å². The lowest BCUT2D eigenvalue weighted by atomic mass is 10.2. The number of nitrogens with zero attached hydrogens (tertiary/aromatic N) is 3. The standard InChI is InChI=1S/C23H26F2N4O2S/c1-4-16-5-7-20(8-6-16)31-13-21-27-28-23(29(21)12-15(2)3)32-14-22(30)26-19-10-17(24)9-18(25)11-19/h5-11,15H,4,12-14H2,1-3H3,(H,26,30). The lowest BCUT2D eigenvalue weighted by Crippen LogP contribution is -2.16. The molecule has 1 aromatic heterocycles. The molecule has 0 aliphatic rings. The van der Waals surface area contributed by atoms with Gasteiger partial charge in [-0.1, -0.05) is 44.7 Å². The molecule has 170 valence electrons. The molecule has 0 saturated heterocycles. The smallest absolute Gasteiger partial charge is 0.234 e. The number of amides is 1. The molecule has 0 aliphatic heterocycles. The summed E-state index contributed by atoms with van der Waals surface area (Å²) in [5, 5.41) is 11.5. The summed E-state index contributed by atoms with van der Waals surface area (Å²) in [7, 11) is 0. The van der Waals surface area contributed by atoms with Crippen molar-refractivity contribution in [1.29, 1.82) is 0 Å². The summed E-state index contributed by atoms with van der Waals surface area (Å²) in [6.07, 6.45) is 0.964. The van der Waals surface area contributed by atoms with E-state index in [2.05, 4.69) is 36.3 Å². The second kappa shape index (κ2) is 11.1. The highest BCUT2D eigenvalue weighted by molar-refractivity contribution is 7.99. The Bertz CT molecular complexity index is 1030. The number of carbonyl (C=O) groups excluding carboxylic acids is 1. The summed E-state index contributed by atoms with van der Waals surface area (Å²) < 4.78 is 34.4. The second-order valence-corrected chi connectivity index (χ2v) is 8.63. The number of nitrogens with one attached hydrogen (secondary N) is 1. The van der Waals surface area contributed by atoms with E-state index in [-0.39, 0.29) is 18.0 Å². The normalized spacial score (nSPS) is 11.1. The van der Waals surface area contributed by atoms with Gasteiger partial charge in [-0.3, -0.25) is 4.79 Å². The Morgan fingerprint density at radius 3 is 2.44 bits per heavy atom. The second-order valence-electron chi connectivity index (χ2n) is 7.68. The zero-order valence-corrected chi connectivity index (χ0v) is 19.1. The highest BCUT2D eigenvalue weighted by Gasteiger charge is 2.16. The van der Waals surface area contributed by atoms with E-state index in [1.807, 2.05) is 28.8 Å². The Morgan fingerprint density at radius 1 is 1.12 bits per heavy atom. The molecule has 0 radical (unpaired) electrons. The Labute approximate surface area is 190 Å². The number of aromatic nitrogens is 3. The molecule has 1 amide bonds. The Balaban J connectivity index is 1.63. The van der Waals surface area contributed by atoms with Gasteiger partial charge in [-0.15, -0.1) is 10.2 Å². The van der Waals surface area contributed by atoms with Crippen LogP contribution in [-0.2, 0) is 24.4 Å². The van der Waals surface area contributed by atoms with Gasteiger partial charge in [0.15, 0.2) is 11.0 Å². The number of ether oxygens (including phenoxy) is 1. The fourth-order valence-electron chi connectivity index (χ4n) is 3.00. The largest absolute Gasteiger partial charge is 0.486 e. The van der Waals surface area contributed by atoms with Gasteiger partial charge < -0.3 is 14.6 Å². The fourth-order valence-corrected chi connectivity index (χ4v) is 3.77. The third kappa shape index (κ3) is 6.78. The summed E-state index contributed by atoms with van der Waals surface area (Å²) in [4.78, 5) is 12.3. The monoisotopic (exact) mass is 460 g/mol. The van der Waals surface area contributed by atoms with Crippen LogP contribution in [0.1, 0.15) is 32.2 Å². The maximum atomic E-state index is 13.3. The molecule has 0 saturated carbocycles. The van der Waals surface area contributed by atoms with Gasteiger partial charge in [0.05, 0.1) is 5.75 Å². The van der Waals surface area contributed by atoms with Crippen molar-refractivity contribution in [2.45, 2.75) is 45.5 Å². The van der Waals surface area contributed by atoms with Crippen molar-refractivity contribution in [3.63, 3.8) is 0 Å². The van der Waals surface area contributed by atoms with Crippen molar-refractivity contribution in [3.8, 4) is 5.75 Å². The van der Waals surface area contributed by atoms with Gasteiger partial charge in [0.1, 0.15) is 24.0 Å². The van der Waals surface area contributed by atoms with Crippen LogP contribution in [0.5, 0.6) is 5.75 Å². The first-order chi connectivity index (χ1) is 15.3. The van der Waals surface area contributed by atoms with E-state index in [0.717, 1.165) is 30.4 Å². The van der Waals surface area contributed by atoms with Gasteiger partial charge in [0.2, 0.25) is 5.91 Å². The van der Waals surface area contributed by atoms with Crippen LogP contribution in [0.4, 0.5) is 14.5 Å². The molecule has 0 unspecified atom stereocenters. The predicted molar refractivity (Wildman–Crippen MR) is 121 cm³/mol. The third-order valence-corrected chi connectivity index (χ3v) is 5.49. The van der Waals surface area contributed by atoms with E-state index >= 15 is 0 Å².